The second-order valence-corrected chi connectivity index (χ2v) is 7.66. The Morgan fingerprint density at radius 3 is 2.52 bits per heavy atom. The molecule has 0 radical (unpaired) electrons. The number of carbonyl (C=O) groups is 1. The minimum absolute atomic E-state index is 0.0152. The molecule has 3 aromatic rings. The molecule has 1 aromatic heterocycles. The van der Waals surface area contributed by atoms with Crippen molar-refractivity contribution in [2.45, 2.75) is 31.6 Å². The molecule has 4 rings (SSSR count). The number of carbonyl (C=O) groups excluding carboxylic acids is 1. The monoisotopic (exact) mass is 401 g/mol. The molecule has 1 saturated carbocycles. The van der Waals surface area contributed by atoms with Gasteiger partial charge in [0.15, 0.2) is 0 Å². The predicted octanol–water partition coefficient (Wildman–Crippen LogP) is 5.74. The standard InChI is InChI=1S/C23H22F3NO2/c1-29-8-2-3-20(28)14-9-15(10-14)21-18-11-17(25)12-19(26)23(18)27-22(21)13-4-6-16(24)7-5-13/h4-7,11-12,14-15,27H,2-3,8-10H2,1H3. The number of benzene rings is 2. The van der Waals surface area contributed by atoms with Gasteiger partial charge in [0.1, 0.15) is 23.2 Å². The Labute approximate surface area is 166 Å². The maximum absolute atomic E-state index is 14.4. The van der Waals surface area contributed by atoms with Gasteiger partial charge in [0.2, 0.25) is 0 Å². The van der Waals surface area contributed by atoms with Gasteiger partial charge in [0.05, 0.1) is 11.2 Å². The van der Waals surface area contributed by atoms with Crippen molar-refractivity contribution in [2.24, 2.45) is 5.92 Å². The van der Waals surface area contributed by atoms with Gasteiger partial charge in [-0.05, 0) is 66.6 Å². The summed E-state index contributed by atoms with van der Waals surface area (Å²) in [4.78, 5) is 15.4. The number of fused-ring (bicyclic) bond motifs is 1. The number of nitrogens with one attached hydrogen (secondary N) is 1. The van der Waals surface area contributed by atoms with Crippen molar-refractivity contribution in [2.75, 3.05) is 13.7 Å². The highest BCUT2D eigenvalue weighted by atomic mass is 19.1. The van der Waals surface area contributed by atoms with Crippen LogP contribution in [0.3, 0.4) is 0 Å². The maximum Gasteiger partial charge on any atom is 0.150 e. The molecular weight excluding hydrogens is 379 g/mol. The van der Waals surface area contributed by atoms with Crippen molar-refractivity contribution in [1.82, 2.24) is 4.98 Å². The number of Topliss-reactive ketones (excluding diaryl/α,β-unsaturated/α-hetero) is 1. The molecule has 0 saturated heterocycles. The SMILES string of the molecule is COCCCC(=O)C1CC(c2c(-c3ccc(F)cc3)[nH]c3c(F)cc(F)cc23)C1. The smallest absolute Gasteiger partial charge is 0.150 e. The van der Waals surface area contributed by atoms with Crippen molar-refractivity contribution in [3.05, 3.63) is 59.4 Å². The van der Waals surface area contributed by atoms with E-state index in [9.17, 15) is 18.0 Å². The second kappa shape index (κ2) is 8.03. The lowest BCUT2D eigenvalue weighted by Crippen LogP contribution is -2.29. The molecule has 1 heterocycles. The number of aromatic amines is 1. The third-order valence-corrected chi connectivity index (χ3v) is 5.77. The Hall–Kier alpha value is -2.60. The van der Waals surface area contributed by atoms with Crippen molar-refractivity contribution in [3.8, 4) is 11.3 Å². The largest absolute Gasteiger partial charge is 0.385 e. The zero-order valence-electron chi connectivity index (χ0n) is 16.1. The molecular formula is C23H22F3NO2. The van der Waals surface area contributed by atoms with Crippen molar-refractivity contribution in [1.29, 1.82) is 0 Å². The van der Waals surface area contributed by atoms with Crippen molar-refractivity contribution in [3.63, 3.8) is 0 Å². The molecule has 1 N–H and O–H groups in total. The molecule has 1 aliphatic rings. The molecule has 6 heteroatoms. The van der Waals surface area contributed by atoms with Crippen LogP contribution >= 0.6 is 0 Å². The normalized spacial score (nSPS) is 18.8. The molecule has 1 fully saturated rings. The predicted molar refractivity (Wildman–Crippen MR) is 105 cm³/mol. The van der Waals surface area contributed by atoms with E-state index in [0.717, 1.165) is 11.6 Å². The van der Waals surface area contributed by atoms with Crippen LogP contribution in [0.2, 0.25) is 0 Å². The Morgan fingerprint density at radius 2 is 1.83 bits per heavy atom. The lowest BCUT2D eigenvalue weighted by atomic mass is 9.68. The van der Waals surface area contributed by atoms with Gasteiger partial charge < -0.3 is 9.72 Å². The summed E-state index contributed by atoms with van der Waals surface area (Å²) in [7, 11) is 1.61. The van der Waals surface area contributed by atoms with Gasteiger partial charge in [-0.2, -0.15) is 0 Å². The third kappa shape index (κ3) is 3.81. The molecule has 0 aliphatic heterocycles. The number of ketones is 1. The highest BCUT2D eigenvalue weighted by Crippen LogP contribution is 2.48. The van der Waals surface area contributed by atoms with Crippen LogP contribution in [0.15, 0.2) is 36.4 Å². The summed E-state index contributed by atoms with van der Waals surface area (Å²) in [5, 5.41) is 0.483. The van der Waals surface area contributed by atoms with Gasteiger partial charge in [-0.1, -0.05) is 0 Å². The topological polar surface area (TPSA) is 42.1 Å². The minimum Gasteiger partial charge on any atom is -0.385 e. The molecule has 0 unspecified atom stereocenters. The Bertz CT molecular complexity index is 1040. The summed E-state index contributed by atoms with van der Waals surface area (Å²) in [5.74, 6) is -1.50. The molecule has 0 amide bonds. The second-order valence-electron chi connectivity index (χ2n) is 7.66. The highest BCUT2D eigenvalue weighted by Gasteiger charge is 2.37. The molecule has 0 bridgehead atoms. The zero-order chi connectivity index (χ0) is 20.5. The summed E-state index contributed by atoms with van der Waals surface area (Å²) in [5.41, 5.74) is 2.38. The molecule has 1 aliphatic carbocycles. The molecule has 152 valence electrons. The van der Waals surface area contributed by atoms with Crippen LogP contribution < -0.4 is 0 Å². The number of hydrogen-bond donors (Lipinski definition) is 1. The van der Waals surface area contributed by atoms with E-state index in [2.05, 4.69) is 4.98 Å². The van der Waals surface area contributed by atoms with Crippen LogP contribution in [0.4, 0.5) is 13.2 Å². The number of rotatable bonds is 7. The molecule has 0 spiro atoms. The van der Waals surface area contributed by atoms with Crippen molar-refractivity contribution < 1.29 is 22.7 Å². The summed E-state index contributed by atoms with van der Waals surface area (Å²) in [6.45, 7) is 0.553. The van der Waals surface area contributed by atoms with E-state index in [1.807, 2.05) is 0 Å². The van der Waals surface area contributed by atoms with Gasteiger partial charge in [0.25, 0.3) is 0 Å². The van der Waals surface area contributed by atoms with E-state index in [1.165, 1.54) is 18.2 Å². The van der Waals surface area contributed by atoms with Gasteiger partial charge in [-0.25, -0.2) is 13.2 Å². The molecule has 0 atom stereocenters. The van der Waals surface area contributed by atoms with Crippen LogP contribution in [-0.4, -0.2) is 24.5 Å². The number of H-pyrrole nitrogens is 1. The van der Waals surface area contributed by atoms with Crippen LogP contribution in [0.1, 0.15) is 37.2 Å². The highest BCUT2D eigenvalue weighted by molar-refractivity contribution is 5.92. The van der Waals surface area contributed by atoms with E-state index in [4.69, 9.17) is 4.74 Å². The van der Waals surface area contributed by atoms with Crippen molar-refractivity contribution >= 4 is 16.7 Å². The fraction of sp³-hybridized carbons (Fsp3) is 0.348. The summed E-state index contributed by atoms with van der Waals surface area (Å²) in [6, 6.07) is 8.08. The van der Waals surface area contributed by atoms with E-state index in [0.29, 0.717) is 48.9 Å². The lowest BCUT2D eigenvalue weighted by Gasteiger charge is -2.35. The van der Waals surface area contributed by atoms with Crippen LogP contribution in [-0.2, 0) is 9.53 Å². The molecule has 29 heavy (non-hydrogen) atoms. The minimum atomic E-state index is -0.666. The quantitative estimate of drug-likeness (QED) is 0.513. The van der Waals surface area contributed by atoms with E-state index < -0.39 is 11.6 Å². The molecule has 2 aromatic carbocycles. The molecule has 3 nitrogen and oxygen atoms in total. The lowest BCUT2D eigenvalue weighted by molar-refractivity contribution is -0.126. The number of methoxy groups -OCH3 is 1. The van der Waals surface area contributed by atoms with Crippen LogP contribution in [0.5, 0.6) is 0 Å². The summed E-state index contributed by atoms with van der Waals surface area (Å²) in [6.07, 6.45) is 2.46. The fourth-order valence-electron chi connectivity index (χ4n) is 4.22. The number of halogens is 3. The van der Waals surface area contributed by atoms with E-state index in [1.54, 1.807) is 19.2 Å². The van der Waals surface area contributed by atoms with Gasteiger partial charge in [0, 0.05) is 37.5 Å². The maximum atomic E-state index is 14.4. The van der Waals surface area contributed by atoms with Crippen LogP contribution in [0, 0.1) is 23.4 Å². The number of ether oxygens (including phenoxy) is 1. The van der Waals surface area contributed by atoms with E-state index in [-0.39, 0.29) is 29.0 Å². The van der Waals surface area contributed by atoms with Gasteiger partial charge >= 0.3 is 0 Å². The Balaban J connectivity index is 1.67. The summed E-state index contributed by atoms with van der Waals surface area (Å²) >= 11 is 0. The first-order chi connectivity index (χ1) is 14.0. The first-order valence-corrected chi connectivity index (χ1v) is 9.76. The third-order valence-electron chi connectivity index (χ3n) is 5.77. The fourth-order valence-corrected chi connectivity index (χ4v) is 4.22. The Morgan fingerprint density at radius 1 is 1.10 bits per heavy atom. The first-order valence-electron chi connectivity index (χ1n) is 9.76. The summed E-state index contributed by atoms with van der Waals surface area (Å²) < 4.78 is 46.7. The van der Waals surface area contributed by atoms with Gasteiger partial charge in [-0.15, -0.1) is 0 Å². The number of aromatic nitrogens is 1. The van der Waals surface area contributed by atoms with Crippen LogP contribution in [0.25, 0.3) is 22.2 Å². The zero-order valence-corrected chi connectivity index (χ0v) is 16.1. The average molecular weight is 401 g/mol. The number of hydrogen-bond acceptors (Lipinski definition) is 2. The first kappa shape index (κ1) is 19.7. The van der Waals surface area contributed by atoms with Gasteiger partial charge in [-0.3, -0.25) is 4.79 Å². The average Bonchev–Trinajstić information content (AvgIpc) is 3.01. The Kier molecular flexibility index (Phi) is 5.46. The van der Waals surface area contributed by atoms with E-state index >= 15 is 0 Å².